The molecule has 178 valence electrons. The lowest BCUT2D eigenvalue weighted by molar-refractivity contribution is -0.136. The first-order valence-electron chi connectivity index (χ1n) is 9.97. The van der Waals surface area contributed by atoms with Crippen LogP contribution in [0.4, 0.5) is 5.69 Å². The number of nitrogens with one attached hydrogen (secondary N) is 2. The minimum atomic E-state index is -4.18. The molecule has 0 atom stereocenters. The van der Waals surface area contributed by atoms with Crippen molar-refractivity contribution in [2.45, 2.75) is 18.2 Å². The van der Waals surface area contributed by atoms with Crippen molar-refractivity contribution >= 4 is 50.8 Å². The summed E-state index contributed by atoms with van der Waals surface area (Å²) in [4.78, 5) is 23.1. The van der Waals surface area contributed by atoms with Gasteiger partial charge >= 0.3 is 5.97 Å². The summed E-state index contributed by atoms with van der Waals surface area (Å²) in [7, 11) is -4.18. The van der Waals surface area contributed by atoms with Gasteiger partial charge in [-0.1, -0.05) is 35.3 Å². The van der Waals surface area contributed by atoms with Gasteiger partial charge in [0.2, 0.25) is 0 Å². The van der Waals surface area contributed by atoms with E-state index in [1.54, 1.807) is 25.1 Å². The zero-order valence-corrected chi connectivity index (χ0v) is 20.2. The standard InChI is InChI=1S/C23H20Cl2N2O6S/c1-2-26-23(30)15-6-8-20(33-17-5-3-4-14(10-17)11-22(28)29)19(12-15)27-34(31,32)21-9-7-16(24)13-18(21)25/h3-10,12-13,27H,2,11H2,1H3,(H,26,30)(H,28,29). The Morgan fingerprint density at radius 3 is 2.47 bits per heavy atom. The maximum atomic E-state index is 13.1. The quantitative estimate of drug-likeness (QED) is 0.365. The summed E-state index contributed by atoms with van der Waals surface area (Å²) in [6, 6.07) is 14.6. The first-order valence-corrected chi connectivity index (χ1v) is 12.2. The van der Waals surface area contributed by atoms with E-state index >= 15 is 0 Å². The maximum absolute atomic E-state index is 13.1. The van der Waals surface area contributed by atoms with Gasteiger partial charge in [-0.15, -0.1) is 0 Å². The number of benzene rings is 3. The van der Waals surface area contributed by atoms with Crippen molar-refractivity contribution in [2.24, 2.45) is 0 Å². The molecule has 8 nitrogen and oxygen atoms in total. The lowest BCUT2D eigenvalue weighted by Gasteiger charge is -2.16. The lowest BCUT2D eigenvalue weighted by atomic mass is 10.1. The van der Waals surface area contributed by atoms with E-state index in [2.05, 4.69) is 10.0 Å². The fraction of sp³-hybridized carbons (Fsp3) is 0.130. The number of amides is 1. The second-order valence-corrected chi connectivity index (χ2v) is 9.57. The van der Waals surface area contributed by atoms with Crippen molar-refractivity contribution in [3.8, 4) is 11.5 Å². The topological polar surface area (TPSA) is 122 Å². The van der Waals surface area contributed by atoms with Crippen molar-refractivity contribution in [3.05, 3.63) is 81.8 Å². The Balaban J connectivity index is 2.02. The van der Waals surface area contributed by atoms with Crippen molar-refractivity contribution in [2.75, 3.05) is 11.3 Å². The SMILES string of the molecule is CCNC(=O)c1ccc(Oc2cccc(CC(=O)O)c2)c(NS(=O)(=O)c2ccc(Cl)cc2Cl)c1. The summed E-state index contributed by atoms with van der Waals surface area (Å²) in [5, 5.41) is 11.9. The number of halogens is 2. The zero-order valence-electron chi connectivity index (χ0n) is 17.8. The Morgan fingerprint density at radius 2 is 1.79 bits per heavy atom. The molecule has 0 aliphatic heterocycles. The summed E-state index contributed by atoms with van der Waals surface area (Å²) >= 11 is 12.0. The highest BCUT2D eigenvalue weighted by atomic mass is 35.5. The van der Waals surface area contributed by atoms with Crippen molar-refractivity contribution in [1.29, 1.82) is 0 Å². The molecule has 3 N–H and O–H groups in total. The minimum absolute atomic E-state index is 0.0154. The van der Waals surface area contributed by atoms with Gasteiger partial charge in [0.15, 0.2) is 5.75 Å². The molecule has 0 bridgehead atoms. The van der Waals surface area contributed by atoms with Gasteiger partial charge in [-0.3, -0.25) is 14.3 Å². The van der Waals surface area contributed by atoms with Crippen molar-refractivity contribution < 1.29 is 27.9 Å². The van der Waals surface area contributed by atoms with Crippen LogP contribution >= 0.6 is 23.2 Å². The molecule has 0 saturated carbocycles. The van der Waals surface area contributed by atoms with E-state index in [9.17, 15) is 18.0 Å². The molecule has 0 spiro atoms. The van der Waals surface area contributed by atoms with E-state index in [1.807, 2.05) is 0 Å². The van der Waals surface area contributed by atoms with Crippen LogP contribution in [0.15, 0.2) is 65.6 Å². The fourth-order valence-electron chi connectivity index (χ4n) is 3.02. The first kappa shape index (κ1) is 25.4. The van der Waals surface area contributed by atoms with E-state index < -0.39 is 21.9 Å². The predicted octanol–water partition coefficient (Wildman–Crippen LogP) is 4.96. The van der Waals surface area contributed by atoms with Crippen LogP contribution in [-0.2, 0) is 21.2 Å². The van der Waals surface area contributed by atoms with Crippen LogP contribution in [0.25, 0.3) is 0 Å². The smallest absolute Gasteiger partial charge is 0.307 e. The number of aliphatic carboxylic acids is 1. The first-order chi connectivity index (χ1) is 16.1. The summed E-state index contributed by atoms with van der Waals surface area (Å²) < 4.78 is 34.4. The van der Waals surface area contributed by atoms with Gasteiger partial charge in [0, 0.05) is 17.1 Å². The van der Waals surface area contributed by atoms with Crippen LogP contribution in [0, 0.1) is 0 Å². The second-order valence-electron chi connectivity index (χ2n) is 7.07. The average molecular weight is 523 g/mol. The molecule has 1 amide bonds. The van der Waals surface area contributed by atoms with Gasteiger partial charge in [0.05, 0.1) is 17.1 Å². The summed E-state index contributed by atoms with van der Waals surface area (Å²) in [6.07, 6.45) is -0.206. The molecule has 11 heteroatoms. The molecule has 0 aliphatic rings. The van der Waals surface area contributed by atoms with Crippen LogP contribution in [-0.4, -0.2) is 31.9 Å². The minimum Gasteiger partial charge on any atom is -0.481 e. The Hall–Kier alpha value is -3.27. The number of carboxylic acid groups (broad SMARTS) is 1. The largest absolute Gasteiger partial charge is 0.481 e. The van der Waals surface area contributed by atoms with Gasteiger partial charge < -0.3 is 15.2 Å². The van der Waals surface area contributed by atoms with Crippen molar-refractivity contribution in [1.82, 2.24) is 5.32 Å². The van der Waals surface area contributed by atoms with Crippen LogP contribution in [0.3, 0.4) is 0 Å². The van der Waals surface area contributed by atoms with Gasteiger partial charge in [0.25, 0.3) is 15.9 Å². The maximum Gasteiger partial charge on any atom is 0.307 e. The molecule has 3 aromatic carbocycles. The molecule has 0 fully saturated rings. The van der Waals surface area contributed by atoms with E-state index in [0.717, 1.165) is 0 Å². The Morgan fingerprint density at radius 1 is 1.03 bits per heavy atom. The monoisotopic (exact) mass is 522 g/mol. The zero-order chi connectivity index (χ0) is 24.9. The van der Waals surface area contributed by atoms with E-state index in [-0.39, 0.29) is 44.1 Å². The molecule has 0 unspecified atom stereocenters. The molecular weight excluding hydrogens is 503 g/mol. The number of anilines is 1. The summed E-state index contributed by atoms with van der Waals surface area (Å²) in [5.41, 5.74) is 0.686. The van der Waals surface area contributed by atoms with Gasteiger partial charge in [-0.25, -0.2) is 8.42 Å². The molecule has 3 rings (SSSR count). The highest BCUT2D eigenvalue weighted by molar-refractivity contribution is 7.92. The average Bonchev–Trinajstić information content (AvgIpc) is 2.74. The molecule has 0 heterocycles. The highest BCUT2D eigenvalue weighted by Gasteiger charge is 2.22. The van der Waals surface area contributed by atoms with Gasteiger partial charge in [-0.05, 0) is 61.0 Å². The third-order valence-electron chi connectivity index (χ3n) is 4.49. The van der Waals surface area contributed by atoms with Crippen molar-refractivity contribution in [3.63, 3.8) is 0 Å². The van der Waals surface area contributed by atoms with Gasteiger partial charge in [0.1, 0.15) is 10.6 Å². The van der Waals surface area contributed by atoms with Crippen LogP contribution in [0.1, 0.15) is 22.8 Å². The molecule has 0 aliphatic carbocycles. The van der Waals surface area contributed by atoms with E-state index in [4.69, 9.17) is 33.0 Å². The number of ether oxygens (including phenoxy) is 1. The van der Waals surface area contributed by atoms with E-state index in [1.165, 1.54) is 42.5 Å². The summed E-state index contributed by atoms with van der Waals surface area (Å²) in [5.74, 6) is -1.03. The lowest BCUT2D eigenvalue weighted by Crippen LogP contribution is -2.23. The Labute approximate surface area is 206 Å². The molecule has 3 aromatic rings. The number of sulfonamides is 1. The Kier molecular flexibility index (Phi) is 8.03. The number of hydrogen-bond donors (Lipinski definition) is 3. The number of carbonyl (C=O) groups is 2. The second kappa shape index (κ2) is 10.8. The van der Waals surface area contributed by atoms with Gasteiger partial charge in [-0.2, -0.15) is 0 Å². The van der Waals surface area contributed by atoms with E-state index in [0.29, 0.717) is 12.1 Å². The number of rotatable bonds is 9. The normalized spacial score (nSPS) is 11.0. The summed E-state index contributed by atoms with van der Waals surface area (Å²) in [6.45, 7) is 2.14. The molecule has 34 heavy (non-hydrogen) atoms. The molecule has 0 saturated heterocycles. The fourth-order valence-corrected chi connectivity index (χ4v) is 4.85. The third-order valence-corrected chi connectivity index (χ3v) is 6.57. The third kappa shape index (κ3) is 6.40. The van der Waals surface area contributed by atoms with Crippen LogP contribution in [0.2, 0.25) is 10.0 Å². The highest BCUT2D eigenvalue weighted by Crippen LogP contribution is 2.34. The Bertz CT molecular complexity index is 1350. The molecule has 0 aromatic heterocycles. The molecular formula is C23H20Cl2N2O6S. The number of carboxylic acids is 1. The van der Waals surface area contributed by atoms with Crippen LogP contribution in [0.5, 0.6) is 11.5 Å². The number of carbonyl (C=O) groups excluding carboxylic acids is 1. The molecule has 0 radical (unpaired) electrons. The predicted molar refractivity (Wildman–Crippen MR) is 130 cm³/mol. The van der Waals surface area contributed by atoms with Crippen LogP contribution < -0.4 is 14.8 Å². The number of hydrogen-bond acceptors (Lipinski definition) is 5.